The molecular weight excluding hydrogens is 368 g/mol. The van der Waals surface area contributed by atoms with Gasteiger partial charge in [0.05, 0.1) is 5.69 Å². The van der Waals surface area contributed by atoms with Crippen LogP contribution in [0.25, 0.3) is 0 Å². The van der Waals surface area contributed by atoms with E-state index in [0.717, 1.165) is 11.1 Å². The molecule has 3 aromatic carbocycles. The Morgan fingerprint density at radius 2 is 1.65 bits per heavy atom. The van der Waals surface area contributed by atoms with E-state index in [0.29, 0.717) is 10.7 Å². The molecule has 1 unspecified atom stereocenters. The van der Waals surface area contributed by atoms with Crippen molar-refractivity contribution < 1.29 is 8.42 Å². The van der Waals surface area contributed by atoms with Crippen LogP contribution in [0.2, 0.25) is 5.02 Å². The monoisotopic (exact) mass is 384 g/mol. The van der Waals surface area contributed by atoms with Gasteiger partial charge in [0.1, 0.15) is 11.1 Å². The second kappa shape index (κ2) is 6.76. The normalized spacial score (nSPS) is 18.7. The molecule has 1 atom stereocenters. The van der Waals surface area contributed by atoms with Crippen LogP contribution in [0.4, 0.5) is 5.69 Å². The van der Waals surface area contributed by atoms with Gasteiger partial charge in [-0.05, 0) is 35.4 Å². The van der Waals surface area contributed by atoms with Crippen LogP contribution >= 0.6 is 11.6 Å². The summed E-state index contributed by atoms with van der Waals surface area (Å²) in [6, 6.07) is 23.8. The molecule has 1 aliphatic rings. The molecule has 0 aliphatic carbocycles. The Bertz CT molecular complexity index is 1040. The molecule has 1 N–H and O–H groups in total. The van der Waals surface area contributed by atoms with E-state index in [9.17, 15) is 8.42 Å². The summed E-state index contributed by atoms with van der Waals surface area (Å²) in [4.78, 5) is 0.286. The molecule has 3 aromatic rings. The quantitative estimate of drug-likeness (QED) is 0.714. The largest absolute Gasteiger partial charge is 0.364 e. The van der Waals surface area contributed by atoms with Crippen LogP contribution in [-0.2, 0) is 16.6 Å². The average molecular weight is 385 g/mol. The van der Waals surface area contributed by atoms with Gasteiger partial charge in [0, 0.05) is 11.6 Å². The number of nitrogens with one attached hydrogen (secondary N) is 1. The summed E-state index contributed by atoms with van der Waals surface area (Å²) in [6.07, 6.45) is -0.534. The fourth-order valence-electron chi connectivity index (χ4n) is 3.16. The molecule has 26 heavy (non-hydrogen) atoms. The lowest BCUT2D eigenvalue weighted by atomic mass is 10.1. The van der Waals surface area contributed by atoms with E-state index >= 15 is 0 Å². The highest BCUT2D eigenvalue weighted by atomic mass is 35.5. The third-order valence-corrected chi connectivity index (χ3v) is 6.50. The molecule has 0 saturated carbocycles. The minimum Gasteiger partial charge on any atom is -0.364 e. The fraction of sp³-hybridized carbons (Fsp3) is 0.100. The van der Waals surface area contributed by atoms with Crippen LogP contribution in [0.5, 0.6) is 0 Å². The summed E-state index contributed by atoms with van der Waals surface area (Å²) in [5.41, 5.74) is 2.32. The molecule has 0 radical (unpaired) electrons. The van der Waals surface area contributed by atoms with Gasteiger partial charge in [0.2, 0.25) is 10.0 Å². The Kier molecular flexibility index (Phi) is 4.44. The Morgan fingerprint density at radius 3 is 2.42 bits per heavy atom. The number of anilines is 1. The Balaban J connectivity index is 1.85. The van der Waals surface area contributed by atoms with Crippen molar-refractivity contribution in [2.45, 2.75) is 17.6 Å². The minimum atomic E-state index is -3.66. The van der Waals surface area contributed by atoms with Gasteiger partial charge in [0.15, 0.2) is 0 Å². The van der Waals surface area contributed by atoms with Gasteiger partial charge in [-0.2, -0.15) is 4.31 Å². The van der Waals surface area contributed by atoms with E-state index in [1.807, 2.05) is 48.5 Å². The third kappa shape index (κ3) is 3.09. The second-order valence-electron chi connectivity index (χ2n) is 6.13. The van der Waals surface area contributed by atoms with Crippen LogP contribution in [-0.4, -0.2) is 12.7 Å². The number of sulfonamides is 1. The van der Waals surface area contributed by atoms with Crippen molar-refractivity contribution in [1.29, 1.82) is 0 Å². The molecule has 0 amide bonds. The lowest BCUT2D eigenvalue weighted by Gasteiger charge is -2.37. The van der Waals surface area contributed by atoms with E-state index in [1.54, 1.807) is 30.3 Å². The fourth-order valence-corrected chi connectivity index (χ4v) is 5.04. The van der Waals surface area contributed by atoms with E-state index in [2.05, 4.69) is 5.32 Å². The van der Waals surface area contributed by atoms with Crippen molar-refractivity contribution in [3.63, 3.8) is 0 Å². The highest BCUT2D eigenvalue weighted by Crippen LogP contribution is 2.39. The van der Waals surface area contributed by atoms with Crippen molar-refractivity contribution in [2.75, 3.05) is 5.32 Å². The number of benzene rings is 3. The molecule has 0 aromatic heterocycles. The summed E-state index contributed by atoms with van der Waals surface area (Å²) in [5.74, 6) is 0. The first-order chi connectivity index (χ1) is 12.6. The highest BCUT2D eigenvalue weighted by molar-refractivity contribution is 7.89. The molecule has 132 valence electrons. The van der Waals surface area contributed by atoms with Gasteiger partial charge in [-0.25, -0.2) is 8.42 Å². The molecule has 1 heterocycles. The summed E-state index contributed by atoms with van der Waals surface area (Å²) in [7, 11) is -3.66. The van der Waals surface area contributed by atoms with E-state index in [4.69, 9.17) is 11.6 Å². The summed E-state index contributed by atoms with van der Waals surface area (Å²) in [6.45, 7) is 0.266. The van der Waals surface area contributed by atoms with E-state index < -0.39 is 16.2 Å². The number of fused-ring (bicyclic) bond motifs is 1. The van der Waals surface area contributed by atoms with Crippen LogP contribution in [0.1, 0.15) is 17.3 Å². The molecule has 0 fully saturated rings. The maximum Gasteiger partial charge on any atom is 0.247 e. The van der Waals surface area contributed by atoms with Crippen molar-refractivity contribution in [1.82, 2.24) is 4.31 Å². The molecule has 4 nitrogen and oxygen atoms in total. The first-order valence-electron chi connectivity index (χ1n) is 8.22. The molecule has 1 aliphatic heterocycles. The Morgan fingerprint density at radius 1 is 0.923 bits per heavy atom. The summed E-state index contributed by atoms with van der Waals surface area (Å²) < 4.78 is 28.1. The predicted molar refractivity (Wildman–Crippen MR) is 103 cm³/mol. The predicted octanol–water partition coefficient (Wildman–Crippen LogP) is 4.66. The molecule has 0 spiro atoms. The molecular formula is C20H17ClN2O2S. The topological polar surface area (TPSA) is 49.4 Å². The Hall–Kier alpha value is -2.34. The van der Waals surface area contributed by atoms with E-state index in [-0.39, 0.29) is 11.4 Å². The number of hydrogen-bond donors (Lipinski definition) is 1. The molecule has 0 bridgehead atoms. The number of para-hydroxylation sites is 1. The number of hydrogen-bond acceptors (Lipinski definition) is 3. The Labute approximate surface area is 158 Å². The zero-order chi connectivity index (χ0) is 18.1. The minimum absolute atomic E-state index is 0.266. The average Bonchev–Trinajstić information content (AvgIpc) is 2.65. The van der Waals surface area contributed by atoms with E-state index in [1.165, 1.54) is 4.31 Å². The standard InChI is InChI=1S/C20H17ClN2O2S/c21-17-10-6-9-16(13-17)20-22-18-11-4-5-12-19(18)26(24,25)23(20)14-15-7-2-1-3-8-15/h1-13,20,22H,14H2. The number of rotatable bonds is 3. The summed E-state index contributed by atoms with van der Waals surface area (Å²) >= 11 is 6.15. The molecule has 6 heteroatoms. The van der Waals surface area contributed by atoms with Crippen LogP contribution < -0.4 is 5.32 Å². The van der Waals surface area contributed by atoms with Gasteiger partial charge < -0.3 is 5.32 Å². The molecule has 0 saturated heterocycles. The van der Waals surface area contributed by atoms with Crippen LogP contribution in [0, 0.1) is 0 Å². The van der Waals surface area contributed by atoms with Gasteiger partial charge in [0.25, 0.3) is 0 Å². The van der Waals surface area contributed by atoms with Crippen molar-refractivity contribution in [2.24, 2.45) is 0 Å². The van der Waals surface area contributed by atoms with Gasteiger partial charge in [-0.15, -0.1) is 0 Å². The van der Waals surface area contributed by atoms with Crippen molar-refractivity contribution in [3.8, 4) is 0 Å². The SMILES string of the molecule is O=S1(=O)c2ccccc2NC(c2cccc(Cl)c2)N1Cc1ccccc1. The molecule has 4 rings (SSSR count). The van der Waals surface area contributed by atoms with Crippen molar-refractivity contribution >= 4 is 27.3 Å². The zero-order valence-corrected chi connectivity index (χ0v) is 15.4. The maximum absolute atomic E-state index is 13.3. The zero-order valence-electron chi connectivity index (χ0n) is 13.8. The third-order valence-electron chi connectivity index (χ3n) is 4.40. The first-order valence-corrected chi connectivity index (χ1v) is 10.0. The van der Waals surface area contributed by atoms with Gasteiger partial charge in [-0.3, -0.25) is 0 Å². The van der Waals surface area contributed by atoms with Gasteiger partial charge in [-0.1, -0.05) is 66.2 Å². The number of halogens is 1. The maximum atomic E-state index is 13.3. The summed E-state index contributed by atoms with van der Waals surface area (Å²) in [5, 5.41) is 3.92. The highest BCUT2D eigenvalue weighted by Gasteiger charge is 2.38. The first kappa shape index (κ1) is 17.1. The van der Waals surface area contributed by atoms with Gasteiger partial charge >= 0.3 is 0 Å². The van der Waals surface area contributed by atoms with Crippen molar-refractivity contribution in [3.05, 3.63) is 95.0 Å². The lowest BCUT2D eigenvalue weighted by Crippen LogP contribution is -2.42. The van der Waals surface area contributed by atoms with Crippen LogP contribution in [0.15, 0.2) is 83.8 Å². The number of nitrogens with zero attached hydrogens (tertiary/aromatic N) is 1. The second-order valence-corrected chi connectivity index (χ2v) is 8.43. The smallest absolute Gasteiger partial charge is 0.247 e. The van der Waals surface area contributed by atoms with Crippen LogP contribution in [0.3, 0.4) is 0 Å². The lowest BCUT2D eigenvalue weighted by molar-refractivity contribution is 0.336.